The molecule has 0 aliphatic carbocycles. The highest BCUT2D eigenvalue weighted by atomic mass is 16.5. The summed E-state index contributed by atoms with van der Waals surface area (Å²) in [4.78, 5) is 4.91. The Morgan fingerprint density at radius 3 is 2.14 bits per heavy atom. The van der Waals surface area contributed by atoms with Crippen molar-refractivity contribution in [2.24, 2.45) is 0 Å². The molecular weight excluding hydrogens is 352 g/mol. The minimum Gasteiger partial charge on any atom is -0.492 e. The summed E-state index contributed by atoms with van der Waals surface area (Å²) in [5.74, 6) is 1.57. The van der Waals surface area contributed by atoms with Crippen molar-refractivity contribution in [2.45, 2.75) is 45.4 Å². The highest BCUT2D eigenvalue weighted by Crippen LogP contribution is 2.35. The van der Waals surface area contributed by atoms with E-state index in [9.17, 15) is 0 Å². The van der Waals surface area contributed by atoms with Gasteiger partial charge >= 0.3 is 0 Å². The average Bonchev–Trinajstić information content (AvgIpc) is 3.39. The second-order valence-corrected chi connectivity index (χ2v) is 7.96. The lowest BCUT2D eigenvalue weighted by molar-refractivity contribution is 0.230. The summed E-state index contributed by atoms with van der Waals surface area (Å²) >= 11 is 0. The van der Waals surface area contributed by atoms with E-state index in [2.05, 4.69) is 22.0 Å². The van der Waals surface area contributed by atoms with Gasteiger partial charge in [-0.15, -0.1) is 0 Å². The van der Waals surface area contributed by atoms with Gasteiger partial charge in [-0.05, 0) is 58.3 Å². The van der Waals surface area contributed by atoms with Crippen molar-refractivity contribution in [3.05, 3.63) is 12.1 Å². The van der Waals surface area contributed by atoms with E-state index in [1.54, 1.807) is 0 Å². The highest BCUT2D eigenvalue weighted by Gasteiger charge is 2.15. The van der Waals surface area contributed by atoms with Crippen LogP contribution in [0.25, 0.3) is 0 Å². The number of rotatable bonds is 12. The zero-order valence-electron chi connectivity index (χ0n) is 17.5. The van der Waals surface area contributed by atoms with Gasteiger partial charge in [0.25, 0.3) is 0 Å². The van der Waals surface area contributed by atoms with Gasteiger partial charge in [0.15, 0.2) is 0 Å². The predicted octanol–water partition coefficient (Wildman–Crippen LogP) is 3.43. The van der Waals surface area contributed by atoms with E-state index in [0.717, 1.165) is 49.7 Å². The summed E-state index contributed by atoms with van der Waals surface area (Å²) in [6.45, 7) is 11.2. The molecule has 6 nitrogen and oxygen atoms in total. The number of likely N-dealkylation sites (tertiary alicyclic amines) is 2. The third kappa shape index (κ3) is 6.45. The topological polar surface area (TPSA) is 63.0 Å². The first-order chi connectivity index (χ1) is 13.8. The Balaban J connectivity index is 1.58. The monoisotopic (exact) mass is 390 g/mol. The molecule has 2 heterocycles. The van der Waals surface area contributed by atoms with Gasteiger partial charge in [0.2, 0.25) is 0 Å². The van der Waals surface area contributed by atoms with E-state index >= 15 is 0 Å². The lowest BCUT2D eigenvalue weighted by atomic mass is 10.2. The first kappa shape index (κ1) is 21.1. The molecule has 1 aromatic carbocycles. The molecule has 158 valence electrons. The van der Waals surface area contributed by atoms with Crippen molar-refractivity contribution in [1.82, 2.24) is 9.80 Å². The summed E-state index contributed by atoms with van der Waals surface area (Å²) in [6.07, 6.45) is 7.48. The number of benzene rings is 1. The molecule has 0 aromatic heterocycles. The minimum atomic E-state index is 0.663. The van der Waals surface area contributed by atoms with Crippen LogP contribution in [0.2, 0.25) is 0 Å². The van der Waals surface area contributed by atoms with Crippen LogP contribution < -0.4 is 20.5 Å². The quantitative estimate of drug-likeness (QED) is 0.421. The number of hydrogen-bond donors (Lipinski definition) is 2. The Morgan fingerprint density at radius 1 is 0.929 bits per heavy atom. The van der Waals surface area contributed by atoms with E-state index in [1.165, 1.54) is 51.9 Å². The molecule has 28 heavy (non-hydrogen) atoms. The van der Waals surface area contributed by atoms with E-state index in [1.807, 2.05) is 12.1 Å². The fourth-order valence-corrected chi connectivity index (χ4v) is 3.94. The van der Waals surface area contributed by atoms with Crippen LogP contribution in [-0.2, 0) is 0 Å². The molecule has 1 aromatic rings. The number of ether oxygens (including phenoxy) is 2. The standard InChI is InChI=1S/C22H38N4O2/c1-2-3-8-24-20-17-19(27-15-13-25-9-4-5-10-25)18-21(22(20)23)28-16-14-26-11-6-7-12-26/h17-18,24H,2-16,23H2,1H3. The minimum absolute atomic E-state index is 0.663. The molecule has 2 saturated heterocycles. The van der Waals surface area contributed by atoms with Gasteiger partial charge in [-0.1, -0.05) is 13.3 Å². The number of hydrogen-bond acceptors (Lipinski definition) is 6. The van der Waals surface area contributed by atoms with Gasteiger partial charge < -0.3 is 20.5 Å². The Hall–Kier alpha value is -1.66. The third-order valence-corrected chi connectivity index (χ3v) is 5.70. The Labute approximate surface area is 170 Å². The Kier molecular flexibility index (Phi) is 8.55. The second kappa shape index (κ2) is 11.4. The molecule has 6 heteroatoms. The average molecular weight is 391 g/mol. The van der Waals surface area contributed by atoms with Crippen LogP contribution in [0.1, 0.15) is 45.4 Å². The van der Waals surface area contributed by atoms with Gasteiger partial charge in [0, 0.05) is 31.8 Å². The van der Waals surface area contributed by atoms with E-state index in [4.69, 9.17) is 15.2 Å². The number of unbranched alkanes of at least 4 members (excludes halogenated alkanes) is 1. The Morgan fingerprint density at radius 2 is 1.54 bits per heavy atom. The SMILES string of the molecule is CCCCNc1cc(OCCN2CCCC2)cc(OCCN2CCCC2)c1N. The second-order valence-electron chi connectivity index (χ2n) is 7.96. The van der Waals surface area contributed by atoms with E-state index in [0.29, 0.717) is 18.9 Å². The lowest BCUT2D eigenvalue weighted by Gasteiger charge is -2.19. The van der Waals surface area contributed by atoms with Crippen LogP contribution in [0.5, 0.6) is 11.5 Å². The molecule has 0 unspecified atom stereocenters. The fourth-order valence-electron chi connectivity index (χ4n) is 3.94. The molecule has 2 aliphatic heterocycles. The summed E-state index contributed by atoms with van der Waals surface area (Å²) in [5, 5.41) is 3.45. The van der Waals surface area contributed by atoms with Crippen molar-refractivity contribution >= 4 is 11.4 Å². The summed E-state index contributed by atoms with van der Waals surface area (Å²) < 4.78 is 12.1. The smallest absolute Gasteiger partial charge is 0.148 e. The summed E-state index contributed by atoms with van der Waals surface area (Å²) in [6, 6.07) is 3.97. The molecule has 3 N–H and O–H groups in total. The molecule has 2 aliphatic rings. The van der Waals surface area contributed by atoms with Gasteiger partial charge in [0.05, 0.1) is 11.4 Å². The highest BCUT2D eigenvalue weighted by molar-refractivity contribution is 5.75. The molecule has 0 amide bonds. The Bertz CT molecular complexity index is 584. The molecule has 2 fully saturated rings. The molecule has 0 atom stereocenters. The normalized spacial score (nSPS) is 17.9. The maximum atomic E-state index is 6.39. The summed E-state index contributed by atoms with van der Waals surface area (Å²) in [5.41, 5.74) is 8.00. The number of nitrogens with zero attached hydrogens (tertiary/aromatic N) is 2. The van der Waals surface area contributed by atoms with Crippen LogP contribution >= 0.6 is 0 Å². The van der Waals surface area contributed by atoms with Gasteiger partial charge in [0.1, 0.15) is 24.7 Å². The van der Waals surface area contributed by atoms with Gasteiger partial charge in [-0.25, -0.2) is 0 Å². The van der Waals surface area contributed by atoms with Crippen LogP contribution in [0.3, 0.4) is 0 Å². The van der Waals surface area contributed by atoms with Crippen molar-refractivity contribution in [1.29, 1.82) is 0 Å². The van der Waals surface area contributed by atoms with E-state index < -0.39 is 0 Å². The number of nitrogens with one attached hydrogen (secondary N) is 1. The largest absolute Gasteiger partial charge is 0.492 e. The zero-order chi connectivity index (χ0) is 19.6. The van der Waals surface area contributed by atoms with Crippen molar-refractivity contribution in [3.63, 3.8) is 0 Å². The number of anilines is 2. The van der Waals surface area contributed by atoms with Gasteiger partial charge in [-0.2, -0.15) is 0 Å². The van der Waals surface area contributed by atoms with E-state index in [-0.39, 0.29) is 0 Å². The molecule has 0 saturated carbocycles. The maximum absolute atomic E-state index is 6.39. The van der Waals surface area contributed by atoms with Crippen LogP contribution in [0.15, 0.2) is 12.1 Å². The first-order valence-corrected chi connectivity index (χ1v) is 11.1. The maximum Gasteiger partial charge on any atom is 0.148 e. The molecule has 0 bridgehead atoms. The molecule has 0 radical (unpaired) electrons. The molecule has 0 spiro atoms. The molecular formula is C22H38N4O2. The van der Waals surface area contributed by atoms with Crippen LogP contribution in [0.4, 0.5) is 11.4 Å². The zero-order valence-corrected chi connectivity index (χ0v) is 17.5. The lowest BCUT2D eigenvalue weighted by Crippen LogP contribution is -2.25. The third-order valence-electron chi connectivity index (χ3n) is 5.70. The fraction of sp³-hybridized carbons (Fsp3) is 0.727. The number of nitrogens with two attached hydrogens (primary N) is 1. The van der Waals surface area contributed by atoms with Crippen LogP contribution in [-0.4, -0.2) is 68.8 Å². The predicted molar refractivity (Wildman–Crippen MR) is 117 cm³/mol. The first-order valence-electron chi connectivity index (χ1n) is 11.1. The molecule has 3 rings (SSSR count). The van der Waals surface area contributed by atoms with Crippen LogP contribution in [0, 0.1) is 0 Å². The van der Waals surface area contributed by atoms with Crippen molar-refractivity contribution in [2.75, 3.05) is 70.1 Å². The van der Waals surface area contributed by atoms with Crippen molar-refractivity contribution < 1.29 is 9.47 Å². The van der Waals surface area contributed by atoms with Gasteiger partial charge in [-0.3, -0.25) is 9.80 Å². The number of nitrogen functional groups attached to an aromatic ring is 1. The van der Waals surface area contributed by atoms with Crippen molar-refractivity contribution in [3.8, 4) is 11.5 Å². The summed E-state index contributed by atoms with van der Waals surface area (Å²) in [7, 11) is 0.